The number of hydrogen-bond donors (Lipinski definition) is 3. The van der Waals surface area contributed by atoms with Gasteiger partial charge in [0.2, 0.25) is 5.91 Å². The van der Waals surface area contributed by atoms with Crippen molar-refractivity contribution >= 4 is 11.7 Å². The van der Waals surface area contributed by atoms with Crippen molar-refractivity contribution in [1.82, 2.24) is 10.2 Å². The standard InChI is InChI=1S/C15H28N4O2/c16-13(18-21)15(7-2-1-3-8-15)14(20)17-9-6-12-19-10-4-5-11-19/h21H,1-12H2,(H2,16,18)(H,17,20). The molecule has 0 unspecified atom stereocenters. The lowest BCUT2D eigenvalue weighted by molar-refractivity contribution is -0.129. The van der Waals surface area contributed by atoms with Crippen LogP contribution >= 0.6 is 0 Å². The van der Waals surface area contributed by atoms with Gasteiger partial charge in [0.05, 0.1) is 0 Å². The maximum absolute atomic E-state index is 12.5. The lowest BCUT2D eigenvalue weighted by atomic mass is 9.72. The van der Waals surface area contributed by atoms with E-state index in [0.29, 0.717) is 19.4 Å². The monoisotopic (exact) mass is 296 g/mol. The molecule has 2 fully saturated rings. The zero-order valence-electron chi connectivity index (χ0n) is 12.8. The minimum atomic E-state index is -0.791. The van der Waals surface area contributed by atoms with Crippen LogP contribution in [0.15, 0.2) is 5.16 Å². The second-order valence-electron chi connectivity index (χ2n) is 6.29. The van der Waals surface area contributed by atoms with Gasteiger partial charge in [0.25, 0.3) is 0 Å². The first-order chi connectivity index (χ1) is 10.2. The first-order valence-corrected chi connectivity index (χ1v) is 8.18. The second kappa shape index (κ2) is 7.64. The van der Waals surface area contributed by atoms with E-state index in [1.165, 1.54) is 25.9 Å². The molecule has 0 atom stereocenters. The highest BCUT2D eigenvalue weighted by atomic mass is 16.4. The van der Waals surface area contributed by atoms with Crippen LogP contribution in [0.3, 0.4) is 0 Å². The Morgan fingerprint density at radius 1 is 1.19 bits per heavy atom. The molecule has 120 valence electrons. The van der Waals surface area contributed by atoms with Crippen molar-refractivity contribution in [3.63, 3.8) is 0 Å². The van der Waals surface area contributed by atoms with Crippen LogP contribution in [0.25, 0.3) is 0 Å². The summed E-state index contributed by atoms with van der Waals surface area (Å²) in [6.45, 7) is 4.07. The predicted octanol–water partition coefficient (Wildman–Crippen LogP) is 1.29. The Labute approximate surface area is 126 Å². The molecule has 1 aliphatic heterocycles. The smallest absolute Gasteiger partial charge is 0.233 e. The Morgan fingerprint density at radius 3 is 2.48 bits per heavy atom. The van der Waals surface area contributed by atoms with Crippen LogP contribution in [0.5, 0.6) is 0 Å². The van der Waals surface area contributed by atoms with Gasteiger partial charge in [-0.3, -0.25) is 4.79 Å². The fourth-order valence-corrected chi connectivity index (χ4v) is 3.53. The fourth-order valence-electron chi connectivity index (χ4n) is 3.53. The Balaban J connectivity index is 1.81. The third kappa shape index (κ3) is 3.87. The van der Waals surface area contributed by atoms with E-state index in [4.69, 9.17) is 10.9 Å². The molecule has 1 amide bonds. The molecule has 0 aromatic carbocycles. The summed E-state index contributed by atoms with van der Waals surface area (Å²) >= 11 is 0. The van der Waals surface area contributed by atoms with E-state index in [2.05, 4.69) is 15.4 Å². The molecule has 6 nitrogen and oxygen atoms in total. The first kappa shape index (κ1) is 16.1. The summed E-state index contributed by atoms with van der Waals surface area (Å²) in [4.78, 5) is 15.0. The number of carbonyl (C=O) groups is 1. The van der Waals surface area contributed by atoms with Gasteiger partial charge in [0.15, 0.2) is 5.84 Å². The molecule has 0 radical (unpaired) electrons. The summed E-state index contributed by atoms with van der Waals surface area (Å²) in [7, 11) is 0. The van der Waals surface area contributed by atoms with Crippen LogP contribution in [0.2, 0.25) is 0 Å². The molecular weight excluding hydrogens is 268 g/mol. The van der Waals surface area contributed by atoms with E-state index >= 15 is 0 Å². The summed E-state index contributed by atoms with van der Waals surface area (Å²) in [5.74, 6) is -0.00170. The molecule has 1 saturated heterocycles. The largest absolute Gasteiger partial charge is 0.409 e. The van der Waals surface area contributed by atoms with Gasteiger partial charge in [0.1, 0.15) is 5.41 Å². The number of hydrogen-bond acceptors (Lipinski definition) is 4. The maximum Gasteiger partial charge on any atom is 0.233 e. The molecule has 2 rings (SSSR count). The minimum Gasteiger partial charge on any atom is -0.409 e. The van der Waals surface area contributed by atoms with Gasteiger partial charge in [-0.25, -0.2) is 0 Å². The number of nitrogens with one attached hydrogen (secondary N) is 1. The molecule has 1 heterocycles. The third-order valence-electron chi connectivity index (χ3n) is 4.88. The molecule has 4 N–H and O–H groups in total. The lowest BCUT2D eigenvalue weighted by Crippen LogP contribution is -2.51. The Bertz CT molecular complexity index is 372. The molecule has 2 aliphatic rings. The topological polar surface area (TPSA) is 91.0 Å². The van der Waals surface area contributed by atoms with Crippen molar-refractivity contribution in [3.05, 3.63) is 0 Å². The summed E-state index contributed by atoms with van der Waals surface area (Å²) in [6.07, 6.45) is 7.93. The number of amides is 1. The molecule has 1 aliphatic carbocycles. The zero-order valence-corrected chi connectivity index (χ0v) is 12.8. The number of likely N-dealkylation sites (tertiary alicyclic amines) is 1. The van der Waals surface area contributed by atoms with Crippen molar-refractivity contribution in [2.45, 2.75) is 51.4 Å². The molecule has 0 aromatic heterocycles. The average Bonchev–Trinajstić information content (AvgIpc) is 3.04. The van der Waals surface area contributed by atoms with E-state index in [0.717, 1.165) is 32.2 Å². The average molecular weight is 296 g/mol. The van der Waals surface area contributed by atoms with Crippen LogP contribution in [-0.2, 0) is 4.79 Å². The highest BCUT2D eigenvalue weighted by molar-refractivity contribution is 6.06. The highest BCUT2D eigenvalue weighted by Crippen LogP contribution is 2.36. The number of rotatable bonds is 6. The number of amidine groups is 1. The Morgan fingerprint density at radius 2 is 1.86 bits per heavy atom. The summed E-state index contributed by atoms with van der Waals surface area (Å²) in [5, 5.41) is 15.1. The summed E-state index contributed by atoms with van der Waals surface area (Å²) < 4.78 is 0. The van der Waals surface area contributed by atoms with Crippen LogP contribution in [0.4, 0.5) is 0 Å². The van der Waals surface area contributed by atoms with E-state index in [-0.39, 0.29) is 11.7 Å². The van der Waals surface area contributed by atoms with Gasteiger partial charge in [-0.05, 0) is 51.7 Å². The van der Waals surface area contributed by atoms with Gasteiger partial charge >= 0.3 is 0 Å². The number of nitrogens with zero attached hydrogens (tertiary/aromatic N) is 2. The first-order valence-electron chi connectivity index (χ1n) is 8.18. The second-order valence-corrected chi connectivity index (χ2v) is 6.29. The van der Waals surface area contributed by atoms with Crippen molar-refractivity contribution in [2.24, 2.45) is 16.3 Å². The highest BCUT2D eigenvalue weighted by Gasteiger charge is 2.43. The number of nitrogens with two attached hydrogens (primary N) is 1. The molecular formula is C15H28N4O2. The van der Waals surface area contributed by atoms with Crippen molar-refractivity contribution in [3.8, 4) is 0 Å². The van der Waals surface area contributed by atoms with Gasteiger partial charge < -0.3 is 21.2 Å². The molecule has 0 spiro atoms. The molecule has 6 heteroatoms. The molecule has 1 saturated carbocycles. The van der Waals surface area contributed by atoms with E-state index < -0.39 is 5.41 Å². The van der Waals surface area contributed by atoms with Gasteiger partial charge in [-0.2, -0.15) is 0 Å². The SMILES string of the molecule is NC(=NO)C1(C(=O)NCCCN2CCCC2)CCCCC1. The van der Waals surface area contributed by atoms with Gasteiger partial charge in [-0.1, -0.05) is 24.4 Å². The molecule has 0 aromatic rings. The van der Waals surface area contributed by atoms with Crippen LogP contribution in [-0.4, -0.2) is 48.0 Å². The normalized spacial score (nSPS) is 23.1. The zero-order chi connectivity index (χ0) is 15.1. The van der Waals surface area contributed by atoms with Crippen LogP contribution in [0, 0.1) is 5.41 Å². The maximum atomic E-state index is 12.5. The Hall–Kier alpha value is -1.30. The van der Waals surface area contributed by atoms with Crippen molar-refractivity contribution in [1.29, 1.82) is 0 Å². The number of carbonyl (C=O) groups excluding carboxylic acids is 1. The summed E-state index contributed by atoms with van der Waals surface area (Å²) in [6, 6.07) is 0. The third-order valence-corrected chi connectivity index (χ3v) is 4.88. The van der Waals surface area contributed by atoms with Gasteiger partial charge in [0, 0.05) is 6.54 Å². The van der Waals surface area contributed by atoms with E-state index in [9.17, 15) is 4.79 Å². The molecule has 0 bridgehead atoms. The van der Waals surface area contributed by atoms with Crippen molar-refractivity contribution < 1.29 is 10.0 Å². The van der Waals surface area contributed by atoms with E-state index in [1.807, 2.05) is 0 Å². The summed E-state index contributed by atoms with van der Waals surface area (Å²) in [5.41, 5.74) is 5.03. The predicted molar refractivity (Wildman–Crippen MR) is 82.2 cm³/mol. The van der Waals surface area contributed by atoms with Gasteiger partial charge in [-0.15, -0.1) is 0 Å². The Kier molecular flexibility index (Phi) is 5.85. The van der Waals surface area contributed by atoms with Crippen molar-refractivity contribution in [2.75, 3.05) is 26.2 Å². The lowest BCUT2D eigenvalue weighted by Gasteiger charge is -2.34. The minimum absolute atomic E-state index is 0.0687. The fraction of sp³-hybridized carbons (Fsp3) is 0.867. The quantitative estimate of drug-likeness (QED) is 0.226. The number of oxime groups is 1. The van der Waals surface area contributed by atoms with Crippen LogP contribution < -0.4 is 11.1 Å². The van der Waals surface area contributed by atoms with E-state index in [1.54, 1.807) is 0 Å². The van der Waals surface area contributed by atoms with Crippen LogP contribution in [0.1, 0.15) is 51.4 Å². The molecule has 21 heavy (non-hydrogen) atoms.